The zero-order chi connectivity index (χ0) is 21.9. The van der Waals surface area contributed by atoms with Gasteiger partial charge in [0, 0.05) is 9.79 Å². The number of hydrogen-bond acceptors (Lipinski definition) is 2. The summed E-state index contributed by atoms with van der Waals surface area (Å²) in [6.45, 7) is 0. The smallest absolute Gasteiger partial charge is 0.120 e. The van der Waals surface area contributed by atoms with Crippen molar-refractivity contribution in [2.45, 2.75) is 22.6 Å². The number of hydrogen-bond donors (Lipinski definition) is 0. The molecular weight excluding hydrogens is 420 g/mol. The van der Waals surface area contributed by atoms with Gasteiger partial charge in [0.25, 0.3) is 0 Å². The third-order valence-corrected chi connectivity index (χ3v) is 8.27. The Morgan fingerprint density at radius 3 is 2.30 bits per heavy atom. The molecule has 0 amide bonds. The van der Waals surface area contributed by atoms with Crippen LogP contribution in [-0.2, 0) is 12.8 Å². The van der Waals surface area contributed by atoms with E-state index >= 15 is 0 Å². The highest BCUT2D eigenvalue weighted by Crippen LogP contribution is 2.44. The average Bonchev–Trinajstić information content (AvgIpc) is 2.87. The zero-order valence-corrected chi connectivity index (χ0v) is 19.2. The fraction of sp³-hybridized carbons (Fsp3) is 0.0968. The van der Waals surface area contributed by atoms with Crippen molar-refractivity contribution in [2.75, 3.05) is 7.11 Å². The summed E-state index contributed by atoms with van der Waals surface area (Å²) >= 11 is 1.87. The van der Waals surface area contributed by atoms with Gasteiger partial charge in [-0.15, -0.1) is 0 Å². The lowest BCUT2D eigenvalue weighted by molar-refractivity contribution is 0.413. The van der Waals surface area contributed by atoms with Crippen molar-refractivity contribution in [1.82, 2.24) is 0 Å². The van der Waals surface area contributed by atoms with Crippen molar-refractivity contribution in [3.05, 3.63) is 113 Å². The molecule has 0 N–H and O–H groups in total. The molecule has 1 nitrogen and oxygen atoms in total. The van der Waals surface area contributed by atoms with Gasteiger partial charge in [0.15, 0.2) is 0 Å². The average molecular weight is 443 g/mol. The standard InChI is InChI=1S/C31H22OS/c1-32-25-16-24(27-17-23-5-2-3-8-28(23)33-29(27)18-25)15-22-12-11-21-10-9-19-6-4-7-20-13-14-26(22)31(21)30(19)20/h2-14,16,18H,15,17H2,1H3. The van der Waals surface area contributed by atoms with E-state index in [0.29, 0.717) is 0 Å². The Labute approximate surface area is 197 Å². The molecule has 7 rings (SSSR count). The summed E-state index contributed by atoms with van der Waals surface area (Å²) < 4.78 is 5.71. The molecule has 6 aromatic rings. The molecule has 33 heavy (non-hydrogen) atoms. The first kappa shape index (κ1) is 19.0. The van der Waals surface area contributed by atoms with Crippen LogP contribution in [0.15, 0.2) is 101 Å². The van der Waals surface area contributed by atoms with Gasteiger partial charge in [-0.05, 0) is 85.6 Å². The van der Waals surface area contributed by atoms with Gasteiger partial charge in [0.1, 0.15) is 5.75 Å². The maximum absolute atomic E-state index is 5.71. The molecule has 1 heterocycles. The van der Waals surface area contributed by atoms with Crippen LogP contribution in [0.2, 0.25) is 0 Å². The Kier molecular flexibility index (Phi) is 4.19. The maximum Gasteiger partial charge on any atom is 0.120 e. The largest absolute Gasteiger partial charge is 0.497 e. The summed E-state index contributed by atoms with van der Waals surface area (Å²) in [6.07, 6.45) is 1.88. The minimum absolute atomic E-state index is 0.899. The molecule has 0 bridgehead atoms. The van der Waals surface area contributed by atoms with E-state index in [1.165, 1.54) is 64.4 Å². The van der Waals surface area contributed by atoms with E-state index in [-0.39, 0.29) is 0 Å². The second-order valence-electron chi connectivity index (χ2n) is 8.91. The minimum Gasteiger partial charge on any atom is -0.497 e. The number of ether oxygens (including phenoxy) is 1. The quantitative estimate of drug-likeness (QED) is 0.255. The molecule has 6 aromatic carbocycles. The fourth-order valence-corrected chi connectivity index (χ4v) is 6.61. The first-order valence-corrected chi connectivity index (χ1v) is 12.2. The lowest BCUT2D eigenvalue weighted by atomic mass is 9.88. The van der Waals surface area contributed by atoms with Crippen LogP contribution in [0.3, 0.4) is 0 Å². The molecule has 1 aliphatic rings. The van der Waals surface area contributed by atoms with Gasteiger partial charge in [-0.3, -0.25) is 0 Å². The van der Waals surface area contributed by atoms with Gasteiger partial charge in [-0.1, -0.05) is 84.6 Å². The molecule has 0 aromatic heterocycles. The van der Waals surface area contributed by atoms with E-state index < -0.39 is 0 Å². The van der Waals surface area contributed by atoms with Crippen LogP contribution in [-0.4, -0.2) is 7.11 Å². The Morgan fingerprint density at radius 1 is 0.697 bits per heavy atom. The lowest BCUT2D eigenvalue weighted by Gasteiger charge is -2.23. The minimum atomic E-state index is 0.899. The molecule has 0 fully saturated rings. The topological polar surface area (TPSA) is 9.23 Å². The van der Waals surface area contributed by atoms with Crippen molar-refractivity contribution in [2.24, 2.45) is 0 Å². The Morgan fingerprint density at radius 2 is 1.45 bits per heavy atom. The molecule has 1 aliphatic heterocycles. The molecule has 158 valence electrons. The predicted molar refractivity (Wildman–Crippen MR) is 139 cm³/mol. The summed E-state index contributed by atoms with van der Waals surface area (Å²) in [5, 5.41) is 8.07. The summed E-state index contributed by atoms with van der Waals surface area (Å²) in [6, 6.07) is 33.5. The number of fused-ring (bicyclic) bond motifs is 2. The molecule has 2 heteroatoms. The molecule has 0 aliphatic carbocycles. The van der Waals surface area contributed by atoms with Gasteiger partial charge in [-0.2, -0.15) is 0 Å². The van der Waals surface area contributed by atoms with E-state index in [1.54, 1.807) is 7.11 Å². The highest BCUT2D eigenvalue weighted by molar-refractivity contribution is 7.99. The number of benzene rings is 6. The molecule has 0 unspecified atom stereocenters. The molecule has 0 radical (unpaired) electrons. The van der Waals surface area contributed by atoms with Crippen molar-refractivity contribution in [3.63, 3.8) is 0 Å². The third-order valence-electron chi connectivity index (χ3n) is 7.07. The van der Waals surface area contributed by atoms with Crippen molar-refractivity contribution < 1.29 is 4.74 Å². The van der Waals surface area contributed by atoms with E-state index in [2.05, 4.69) is 91.0 Å². The molecular formula is C31H22OS. The van der Waals surface area contributed by atoms with Crippen LogP contribution in [0.25, 0.3) is 32.3 Å². The van der Waals surface area contributed by atoms with Crippen molar-refractivity contribution in [1.29, 1.82) is 0 Å². The Bertz CT molecular complexity index is 1660. The van der Waals surface area contributed by atoms with E-state index in [9.17, 15) is 0 Å². The first-order valence-electron chi connectivity index (χ1n) is 11.4. The second kappa shape index (κ2) is 7.26. The monoisotopic (exact) mass is 442 g/mol. The van der Waals surface area contributed by atoms with Crippen LogP contribution < -0.4 is 4.74 Å². The van der Waals surface area contributed by atoms with Gasteiger partial charge in [-0.25, -0.2) is 0 Å². The predicted octanol–water partition coefficient (Wildman–Crippen LogP) is 8.24. The summed E-state index contributed by atoms with van der Waals surface area (Å²) in [7, 11) is 1.77. The van der Waals surface area contributed by atoms with E-state index in [0.717, 1.165) is 18.6 Å². The molecule has 0 spiro atoms. The normalized spacial score (nSPS) is 12.9. The van der Waals surface area contributed by atoms with Gasteiger partial charge < -0.3 is 4.74 Å². The van der Waals surface area contributed by atoms with Gasteiger partial charge >= 0.3 is 0 Å². The summed E-state index contributed by atoms with van der Waals surface area (Å²) in [5.41, 5.74) is 5.59. The van der Waals surface area contributed by atoms with E-state index in [4.69, 9.17) is 4.74 Å². The second-order valence-corrected chi connectivity index (χ2v) is 9.99. The summed E-state index contributed by atoms with van der Waals surface area (Å²) in [5.74, 6) is 0.938. The highest BCUT2D eigenvalue weighted by Gasteiger charge is 2.21. The maximum atomic E-state index is 5.71. The molecule has 0 saturated carbocycles. The van der Waals surface area contributed by atoms with Crippen LogP contribution in [0.1, 0.15) is 22.3 Å². The van der Waals surface area contributed by atoms with Crippen LogP contribution >= 0.6 is 11.8 Å². The highest BCUT2D eigenvalue weighted by atomic mass is 32.2. The first-order chi connectivity index (χ1) is 16.3. The van der Waals surface area contributed by atoms with Crippen LogP contribution in [0.4, 0.5) is 0 Å². The lowest BCUT2D eigenvalue weighted by Crippen LogP contribution is -2.05. The van der Waals surface area contributed by atoms with Crippen molar-refractivity contribution >= 4 is 44.1 Å². The molecule has 0 atom stereocenters. The summed E-state index contributed by atoms with van der Waals surface area (Å²) in [4.78, 5) is 2.67. The molecule has 0 saturated heterocycles. The third kappa shape index (κ3) is 2.94. The van der Waals surface area contributed by atoms with Crippen LogP contribution in [0.5, 0.6) is 5.75 Å². The van der Waals surface area contributed by atoms with Crippen molar-refractivity contribution in [3.8, 4) is 5.75 Å². The van der Waals surface area contributed by atoms with Gasteiger partial charge in [0.2, 0.25) is 0 Å². The zero-order valence-electron chi connectivity index (χ0n) is 18.4. The van der Waals surface area contributed by atoms with E-state index in [1.807, 2.05) is 11.8 Å². The Balaban J connectivity index is 1.42. The van der Waals surface area contributed by atoms with Crippen LogP contribution in [0, 0.1) is 0 Å². The SMILES string of the molecule is COc1cc(Cc2ccc3ccc4cccc5ccc2c3c45)c2c(c1)Sc1ccccc1C2. The fourth-order valence-electron chi connectivity index (χ4n) is 5.46. The Hall–Kier alpha value is -3.49. The number of methoxy groups -OCH3 is 1. The number of rotatable bonds is 3. The van der Waals surface area contributed by atoms with Gasteiger partial charge in [0.05, 0.1) is 7.11 Å².